The average Bonchev–Trinajstić information content (AvgIpc) is 3.03. The fourth-order valence-corrected chi connectivity index (χ4v) is 4.91. The zero-order chi connectivity index (χ0) is 19.7. The highest BCUT2D eigenvalue weighted by Crippen LogP contribution is 2.33. The van der Waals surface area contributed by atoms with Gasteiger partial charge in [-0.3, -0.25) is 0 Å². The van der Waals surface area contributed by atoms with Crippen LogP contribution in [0.15, 0.2) is 88.2 Å². The molecule has 0 aliphatic carbocycles. The van der Waals surface area contributed by atoms with Crippen LogP contribution in [0.25, 0.3) is 10.9 Å². The second-order valence-corrected chi connectivity index (χ2v) is 9.26. The normalized spacial score (nSPS) is 12.9. The predicted octanol–water partition coefficient (Wildman–Crippen LogP) is 5.31. The highest BCUT2D eigenvalue weighted by Gasteiger charge is 2.26. The third-order valence-electron chi connectivity index (χ3n) is 4.76. The van der Waals surface area contributed by atoms with E-state index in [1.165, 1.54) is 0 Å². The van der Waals surface area contributed by atoms with E-state index >= 15 is 0 Å². The Morgan fingerprint density at radius 2 is 1.54 bits per heavy atom. The van der Waals surface area contributed by atoms with Gasteiger partial charge in [0, 0.05) is 26.6 Å². The quantitative estimate of drug-likeness (QED) is 0.429. The molecule has 1 aromatic heterocycles. The van der Waals surface area contributed by atoms with Crippen LogP contribution in [0, 0.1) is 6.92 Å². The molecule has 2 N–H and O–H groups in total. The van der Waals surface area contributed by atoms with Crippen molar-refractivity contribution in [2.75, 3.05) is 0 Å². The lowest BCUT2D eigenvalue weighted by Gasteiger charge is -2.20. The number of aromatic amines is 1. The van der Waals surface area contributed by atoms with Gasteiger partial charge in [0.2, 0.25) is 10.0 Å². The number of aryl methyl sites for hydroxylation is 1. The molecule has 1 heterocycles. The minimum absolute atomic E-state index is 0.231. The Hall–Kier alpha value is -2.41. The van der Waals surface area contributed by atoms with Gasteiger partial charge in [0.05, 0.1) is 10.9 Å². The van der Waals surface area contributed by atoms with Crippen molar-refractivity contribution in [1.82, 2.24) is 9.71 Å². The summed E-state index contributed by atoms with van der Waals surface area (Å²) in [6.07, 6.45) is 0. The number of benzene rings is 3. The monoisotopic (exact) mass is 454 g/mol. The Bertz CT molecular complexity index is 1220. The standard InChI is InChI=1S/C22H19BrN2O2S/c1-15-21(19-9-5-6-10-20(19)24-15)22(16-7-3-2-4-8-16)25-28(26,27)18-13-11-17(23)12-14-18/h2-14,22,24-25H,1H3. The van der Waals surface area contributed by atoms with Crippen LogP contribution < -0.4 is 4.72 Å². The van der Waals surface area contributed by atoms with Crippen molar-refractivity contribution in [3.63, 3.8) is 0 Å². The van der Waals surface area contributed by atoms with E-state index in [0.717, 1.165) is 32.2 Å². The number of aromatic nitrogens is 1. The van der Waals surface area contributed by atoms with Gasteiger partial charge < -0.3 is 4.98 Å². The lowest BCUT2D eigenvalue weighted by molar-refractivity contribution is 0.572. The van der Waals surface area contributed by atoms with Gasteiger partial charge in [-0.05, 0) is 42.8 Å². The van der Waals surface area contributed by atoms with Crippen LogP contribution >= 0.6 is 15.9 Å². The minimum Gasteiger partial charge on any atom is -0.358 e. The highest BCUT2D eigenvalue weighted by molar-refractivity contribution is 9.10. The number of sulfonamides is 1. The van der Waals surface area contributed by atoms with Crippen LogP contribution in [0.4, 0.5) is 0 Å². The van der Waals surface area contributed by atoms with Gasteiger partial charge in [-0.15, -0.1) is 0 Å². The van der Waals surface area contributed by atoms with Gasteiger partial charge in [-0.2, -0.15) is 4.72 Å². The molecule has 0 spiro atoms. The molecule has 0 aliphatic heterocycles. The molecule has 142 valence electrons. The van der Waals surface area contributed by atoms with Gasteiger partial charge in [-0.1, -0.05) is 64.5 Å². The maximum absolute atomic E-state index is 13.1. The third kappa shape index (κ3) is 3.63. The summed E-state index contributed by atoms with van der Waals surface area (Å²) >= 11 is 3.35. The zero-order valence-electron chi connectivity index (χ0n) is 15.2. The van der Waals surface area contributed by atoms with Crippen LogP contribution in [-0.2, 0) is 10.0 Å². The molecule has 0 saturated carbocycles. The lowest BCUT2D eigenvalue weighted by Crippen LogP contribution is -2.29. The molecule has 0 fully saturated rings. The van der Waals surface area contributed by atoms with E-state index < -0.39 is 16.1 Å². The molecule has 4 aromatic rings. The van der Waals surface area contributed by atoms with Crippen LogP contribution in [-0.4, -0.2) is 13.4 Å². The first-order valence-electron chi connectivity index (χ1n) is 8.86. The number of halogens is 1. The lowest BCUT2D eigenvalue weighted by atomic mass is 9.97. The molecule has 0 bridgehead atoms. The molecule has 1 atom stereocenters. The van der Waals surface area contributed by atoms with E-state index in [1.807, 2.05) is 61.5 Å². The van der Waals surface area contributed by atoms with Crippen molar-refractivity contribution >= 4 is 36.9 Å². The van der Waals surface area contributed by atoms with Crippen LogP contribution in [0.2, 0.25) is 0 Å². The second kappa shape index (κ2) is 7.54. The highest BCUT2D eigenvalue weighted by atomic mass is 79.9. The smallest absolute Gasteiger partial charge is 0.241 e. The molecule has 6 heteroatoms. The van der Waals surface area contributed by atoms with E-state index in [2.05, 4.69) is 25.6 Å². The number of nitrogens with one attached hydrogen (secondary N) is 2. The summed E-state index contributed by atoms with van der Waals surface area (Å²) in [6, 6.07) is 23.7. The van der Waals surface area contributed by atoms with Crippen molar-refractivity contribution in [3.8, 4) is 0 Å². The number of hydrogen-bond donors (Lipinski definition) is 2. The van der Waals surface area contributed by atoms with Crippen molar-refractivity contribution in [2.24, 2.45) is 0 Å². The summed E-state index contributed by atoms with van der Waals surface area (Å²) in [7, 11) is -3.72. The first-order valence-corrected chi connectivity index (χ1v) is 11.1. The first kappa shape index (κ1) is 18.9. The van der Waals surface area contributed by atoms with Crippen LogP contribution in [0.5, 0.6) is 0 Å². The van der Waals surface area contributed by atoms with E-state index in [-0.39, 0.29) is 4.90 Å². The maximum Gasteiger partial charge on any atom is 0.241 e. The van der Waals surface area contributed by atoms with E-state index in [0.29, 0.717) is 0 Å². The fraction of sp³-hybridized carbons (Fsp3) is 0.0909. The Balaban J connectivity index is 1.85. The van der Waals surface area contributed by atoms with E-state index in [4.69, 9.17) is 0 Å². The molecule has 0 amide bonds. The van der Waals surface area contributed by atoms with Gasteiger partial charge in [-0.25, -0.2) is 8.42 Å². The maximum atomic E-state index is 13.1. The summed E-state index contributed by atoms with van der Waals surface area (Å²) in [6.45, 7) is 1.97. The molecular formula is C22H19BrN2O2S. The molecule has 4 rings (SSSR count). The molecular weight excluding hydrogens is 436 g/mol. The molecule has 28 heavy (non-hydrogen) atoms. The van der Waals surface area contributed by atoms with Gasteiger partial charge in [0.15, 0.2) is 0 Å². The summed E-state index contributed by atoms with van der Waals surface area (Å²) in [5.41, 5.74) is 3.74. The topological polar surface area (TPSA) is 62.0 Å². The molecule has 0 aliphatic rings. The largest absolute Gasteiger partial charge is 0.358 e. The van der Waals surface area contributed by atoms with Crippen LogP contribution in [0.1, 0.15) is 22.9 Å². The Morgan fingerprint density at radius 1 is 0.893 bits per heavy atom. The van der Waals surface area contributed by atoms with Crippen molar-refractivity contribution < 1.29 is 8.42 Å². The van der Waals surface area contributed by atoms with Crippen molar-refractivity contribution in [1.29, 1.82) is 0 Å². The van der Waals surface area contributed by atoms with Crippen molar-refractivity contribution in [3.05, 3.63) is 100 Å². The number of rotatable bonds is 5. The number of hydrogen-bond acceptors (Lipinski definition) is 2. The van der Waals surface area contributed by atoms with Gasteiger partial charge >= 0.3 is 0 Å². The summed E-state index contributed by atoms with van der Waals surface area (Å²) in [4.78, 5) is 3.60. The molecule has 3 aromatic carbocycles. The minimum atomic E-state index is -3.72. The van der Waals surface area contributed by atoms with Gasteiger partial charge in [0.25, 0.3) is 0 Å². The zero-order valence-corrected chi connectivity index (χ0v) is 17.6. The molecule has 1 unspecified atom stereocenters. The third-order valence-corrected chi connectivity index (χ3v) is 6.73. The summed E-state index contributed by atoms with van der Waals surface area (Å²) in [5.74, 6) is 0. The molecule has 4 nitrogen and oxygen atoms in total. The predicted molar refractivity (Wildman–Crippen MR) is 116 cm³/mol. The Labute approximate surface area is 172 Å². The number of para-hydroxylation sites is 1. The summed E-state index contributed by atoms with van der Waals surface area (Å²) < 4.78 is 30.0. The molecule has 0 radical (unpaired) electrons. The SMILES string of the molecule is Cc1[nH]c2ccccc2c1C(NS(=O)(=O)c1ccc(Br)cc1)c1ccccc1. The number of fused-ring (bicyclic) bond motifs is 1. The van der Waals surface area contributed by atoms with Crippen molar-refractivity contribution in [2.45, 2.75) is 17.9 Å². The van der Waals surface area contributed by atoms with Gasteiger partial charge in [0.1, 0.15) is 0 Å². The van der Waals surface area contributed by atoms with E-state index in [1.54, 1.807) is 24.3 Å². The average molecular weight is 455 g/mol. The fourth-order valence-electron chi connectivity index (χ4n) is 3.45. The second-order valence-electron chi connectivity index (χ2n) is 6.63. The summed E-state index contributed by atoms with van der Waals surface area (Å²) in [5, 5.41) is 1.01. The molecule has 0 saturated heterocycles. The first-order chi connectivity index (χ1) is 13.5. The number of H-pyrrole nitrogens is 1. The van der Waals surface area contributed by atoms with Crippen LogP contribution in [0.3, 0.4) is 0 Å². The Morgan fingerprint density at radius 3 is 2.25 bits per heavy atom. The Kier molecular flexibility index (Phi) is 5.10. The van der Waals surface area contributed by atoms with E-state index in [9.17, 15) is 8.42 Å².